The third kappa shape index (κ3) is 4.82. The van der Waals surface area contributed by atoms with E-state index in [1.807, 2.05) is 15.5 Å². The maximum Gasteiger partial charge on any atom is 0.233 e. The van der Waals surface area contributed by atoms with Crippen LogP contribution in [0.2, 0.25) is 0 Å². The van der Waals surface area contributed by atoms with Crippen molar-refractivity contribution < 1.29 is 9.18 Å². The van der Waals surface area contributed by atoms with Crippen LogP contribution in [-0.2, 0) is 4.79 Å². The minimum Gasteiger partial charge on any atom is -0.339 e. The van der Waals surface area contributed by atoms with E-state index in [1.165, 1.54) is 23.4 Å². The minimum atomic E-state index is -0.304. The van der Waals surface area contributed by atoms with E-state index >= 15 is 0 Å². The SMILES string of the molecule is C[C@H](c1ccccc1)N1CCN(C(=O)CSc2nnc(-c3ccccc3F)n2C2CC2)CC1. The lowest BCUT2D eigenvalue weighted by atomic mass is 10.1. The van der Waals surface area contributed by atoms with Crippen LogP contribution in [0.3, 0.4) is 0 Å². The van der Waals surface area contributed by atoms with Gasteiger partial charge in [0, 0.05) is 38.3 Å². The van der Waals surface area contributed by atoms with Gasteiger partial charge in [-0.1, -0.05) is 54.2 Å². The number of hydrogen-bond donors (Lipinski definition) is 0. The predicted octanol–water partition coefficient (Wildman–Crippen LogP) is 4.42. The van der Waals surface area contributed by atoms with Gasteiger partial charge in [0.2, 0.25) is 5.91 Å². The molecule has 3 aromatic rings. The van der Waals surface area contributed by atoms with Crippen LogP contribution in [0.5, 0.6) is 0 Å². The second-order valence-corrected chi connectivity index (χ2v) is 9.62. The summed E-state index contributed by atoms with van der Waals surface area (Å²) in [5, 5.41) is 9.28. The molecular weight excluding hydrogens is 437 g/mol. The number of aromatic nitrogens is 3. The van der Waals surface area contributed by atoms with Crippen molar-refractivity contribution in [3.8, 4) is 11.4 Å². The summed E-state index contributed by atoms with van der Waals surface area (Å²) in [6.45, 7) is 5.41. The summed E-state index contributed by atoms with van der Waals surface area (Å²) in [6, 6.07) is 17.8. The molecule has 0 spiro atoms. The summed E-state index contributed by atoms with van der Waals surface area (Å²) in [4.78, 5) is 17.3. The molecule has 172 valence electrons. The Labute approximate surface area is 197 Å². The molecule has 6 nitrogen and oxygen atoms in total. The summed E-state index contributed by atoms with van der Waals surface area (Å²) in [6.07, 6.45) is 2.06. The Kier molecular flexibility index (Phi) is 6.46. The lowest BCUT2D eigenvalue weighted by molar-refractivity contribution is -0.130. The predicted molar refractivity (Wildman–Crippen MR) is 127 cm³/mol. The first-order valence-electron chi connectivity index (χ1n) is 11.5. The number of thioether (sulfide) groups is 1. The van der Waals surface area contributed by atoms with Gasteiger partial charge in [0.25, 0.3) is 0 Å². The van der Waals surface area contributed by atoms with E-state index in [-0.39, 0.29) is 17.8 Å². The Morgan fingerprint density at radius 1 is 1.03 bits per heavy atom. The first-order valence-corrected chi connectivity index (χ1v) is 12.5. The smallest absolute Gasteiger partial charge is 0.233 e. The molecule has 1 saturated carbocycles. The van der Waals surface area contributed by atoms with Crippen molar-refractivity contribution in [1.82, 2.24) is 24.6 Å². The standard InChI is InChI=1S/C25H28FN5OS/c1-18(19-7-3-2-4-8-19)29-13-15-30(16-14-29)23(32)17-33-25-28-27-24(31(25)20-11-12-20)21-9-5-6-10-22(21)26/h2-10,18,20H,11-17H2,1H3/t18-/m1/s1. The average molecular weight is 466 g/mol. The van der Waals surface area contributed by atoms with Gasteiger partial charge in [-0.25, -0.2) is 4.39 Å². The molecule has 1 aromatic heterocycles. The van der Waals surface area contributed by atoms with Gasteiger partial charge in [-0.3, -0.25) is 14.3 Å². The zero-order chi connectivity index (χ0) is 22.8. The number of carbonyl (C=O) groups excluding carboxylic acids is 1. The lowest BCUT2D eigenvalue weighted by Crippen LogP contribution is -2.49. The van der Waals surface area contributed by atoms with Crippen LogP contribution in [0.15, 0.2) is 59.8 Å². The van der Waals surface area contributed by atoms with E-state index in [0.29, 0.717) is 28.3 Å². The fourth-order valence-electron chi connectivity index (χ4n) is 4.38. The number of rotatable bonds is 7. The highest BCUT2D eigenvalue weighted by atomic mass is 32.2. The Bertz CT molecular complexity index is 1110. The number of nitrogens with zero attached hydrogens (tertiary/aromatic N) is 5. The molecule has 2 aromatic carbocycles. The van der Waals surface area contributed by atoms with Crippen molar-refractivity contribution in [3.05, 3.63) is 66.0 Å². The fourth-order valence-corrected chi connectivity index (χ4v) is 5.29. The van der Waals surface area contributed by atoms with E-state index in [1.54, 1.807) is 18.2 Å². The summed E-state index contributed by atoms with van der Waals surface area (Å²) in [5.41, 5.74) is 1.76. The van der Waals surface area contributed by atoms with Crippen LogP contribution in [-0.4, -0.2) is 62.4 Å². The van der Waals surface area contributed by atoms with E-state index in [4.69, 9.17) is 0 Å². The third-order valence-electron chi connectivity index (χ3n) is 6.51. The van der Waals surface area contributed by atoms with Crippen molar-refractivity contribution >= 4 is 17.7 Å². The number of piperazine rings is 1. The van der Waals surface area contributed by atoms with Gasteiger partial charge in [-0.15, -0.1) is 10.2 Å². The first-order chi connectivity index (χ1) is 16.1. The van der Waals surface area contributed by atoms with Gasteiger partial charge in [0.1, 0.15) is 5.82 Å². The molecule has 1 aliphatic heterocycles. The highest BCUT2D eigenvalue weighted by Crippen LogP contribution is 2.41. The lowest BCUT2D eigenvalue weighted by Gasteiger charge is -2.38. The van der Waals surface area contributed by atoms with Crippen molar-refractivity contribution in [1.29, 1.82) is 0 Å². The maximum atomic E-state index is 14.3. The largest absolute Gasteiger partial charge is 0.339 e. The second-order valence-electron chi connectivity index (χ2n) is 8.68. The molecule has 0 N–H and O–H groups in total. The number of halogens is 1. The monoisotopic (exact) mass is 465 g/mol. The Morgan fingerprint density at radius 2 is 1.73 bits per heavy atom. The number of amides is 1. The quantitative estimate of drug-likeness (QED) is 0.484. The van der Waals surface area contributed by atoms with Crippen molar-refractivity contribution in [2.45, 2.75) is 37.0 Å². The van der Waals surface area contributed by atoms with Gasteiger partial charge >= 0.3 is 0 Å². The van der Waals surface area contributed by atoms with Gasteiger partial charge < -0.3 is 4.90 Å². The molecule has 0 bridgehead atoms. The molecule has 2 heterocycles. The van der Waals surface area contributed by atoms with Crippen molar-refractivity contribution in [2.75, 3.05) is 31.9 Å². The van der Waals surface area contributed by atoms with Crippen LogP contribution < -0.4 is 0 Å². The molecular formula is C25H28FN5OS. The van der Waals surface area contributed by atoms with Crippen molar-refractivity contribution in [2.24, 2.45) is 0 Å². The van der Waals surface area contributed by atoms with E-state index in [2.05, 4.69) is 46.3 Å². The average Bonchev–Trinajstić information content (AvgIpc) is 3.62. The zero-order valence-electron chi connectivity index (χ0n) is 18.7. The summed E-state index contributed by atoms with van der Waals surface area (Å²) < 4.78 is 16.4. The molecule has 1 atom stereocenters. The Hall–Kier alpha value is -2.71. The van der Waals surface area contributed by atoms with E-state index < -0.39 is 0 Å². The normalized spacial score (nSPS) is 17.8. The Morgan fingerprint density at radius 3 is 2.42 bits per heavy atom. The van der Waals surface area contributed by atoms with E-state index in [0.717, 1.165) is 39.0 Å². The van der Waals surface area contributed by atoms with Gasteiger partial charge in [0.15, 0.2) is 11.0 Å². The van der Waals surface area contributed by atoms with E-state index in [9.17, 15) is 9.18 Å². The molecule has 2 aliphatic rings. The highest BCUT2D eigenvalue weighted by molar-refractivity contribution is 7.99. The topological polar surface area (TPSA) is 54.3 Å². The highest BCUT2D eigenvalue weighted by Gasteiger charge is 2.32. The number of carbonyl (C=O) groups is 1. The molecule has 1 saturated heterocycles. The van der Waals surface area contributed by atoms with Crippen molar-refractivity contribution in [3.63, 3.8) is 0 Å². The molecule has 0 radical (unpaired) electrons. The maximum absolute atomic E-state index is 14.3. The van der Waals surface area contributed by atoms with Gasteiger partial charge in [-0.05, 0) is 37.5 Å². The molecule has 33 heavy (non-hydrogen) atoms. The summed E-state index contributed by atoms with van der Waals surface area (Å²) in [5.74, 6) is 0.678. The van der Waals surface area contributed by atoms with Gasteiger partial charge in [-0.2, -0.15) is 0 Å². The molecule has 2 fully saturated rings. The van der Waals surface area contributed by atoms with Crippen LogP contribution in [0.1, 0.15) is 37.4 Å². The van der Waals surface area contributed by atoms with Gasteiger partial charge in [0.05, 0.1) is 11.3 Å². The second kappa shape index (κ2) is 9.65. The minimum absolute atomic E-state index is 0.116. The van der Waals surface area contributed by atoms with Crippen LogP contribution in [0.4, 0.5) is 4.39 Å². The Balaban J connectivity index is 1.20. The fraction of sp³-hybridized carbons (Fsp3) is 0.400. The first kappa shape index (κ1) is 22.1. The van der Waals surface area contributed by atoms with Crippen LogP contribution >= 0.6 is 11.8 Å². The molecule has 0 unspecified atom stereocenters. The molecule has 8 heteroatoms. The summed E-state index contributed by atoms with van der Waals surface area (Å²) >= 11 is 1.40. The number of hydrogen-bond acceptors (Lipinski definition) is 5. The van der Waals surface area contributed by atoms with Crippen LogP contribution in [0, 0.1) is 5.82 Å². The third-order valence-corrected chi connectivity index (χ3v) is 7.44. The zero-order valence-corrected chi connectivity index (χ0v) is 19.5. The molecule has 1 aliphatic carbocycles. The van der Waals surface area contributed by atoms with Crippen LogP contribution in [0.25, 0.3) is 11.4 Å². The summed E-state index contributed by atoms with van der Waals surface area (Å²) in [7, 11) is 0. The number of benzene rings is 2. The molecule has 5 rings (SSSR count). The molecule has 1 amide bonds.